The Balaban J connectivity index is 0.000000302. The Kier molecular flexibility index (Phi) is 5.61. The Hall–Kier alpha value is -1.44. The van der Waals surface area contributed by atoms with Gasteiger partial charge in [-0.3, -0.25) is 4.99 Å². The topological polar surface area (TPSA) is 24.7 Å². The molecule has 0 heterocycles. The summed E-state index contributed by atoms with van der Waals surface area (Å²) in [6.07, 6.45) is 4.72. The third-order valence-corrected chi connectivity index (χ3v) is 2.64. The Bertz CT molecular complexity index is 384. The van der Waals surface area contributed by atoms with E-state index in [1.807, 2.05) is 19.1 Å². The van der Waals surface area contributed by atoms with Crippen LogP contribution >= 0.6 is 0 Å². The first-order valence-corrected chi connectivity index (χ1v) is 6.20. The normalized spacial score (nSPS) is 15.6. The van der Waals surface area contributed by atoms with Gasteiger partial charge in [0.15, 0.2) is 5.84 Å². The molecule has 0 atom stereocenters. The molecule has 2 rings (SSSR count). The molecule has 2 heteroatoms. The van der Waals surface area contributed by atoms with Crippen LogP contribution in [0.15, 0.2) is 34.3 Å². The van der Waals surface area contributed by atoms with Gasteiger partial charge in [0.25, 0.3) is 0 Å². The minimum Gasteiger partial charge on any atom is -0.270 e. The number of amidine groups is 1. The van der Waals surface area contributed by atoms with Gasteiger partial charge in [0.1, 0.15) is 0 Å². The maximum atomic E-state index is 4.17. The van der Waals surface area contributed by atoms with Crippen LogP contribution in [0.1, 0.15) is 37.8 Å². The maximum absolute atomic E-state index is 4.17. The van der Waals surface area contributed by atoms with Crippen molar-refractivity contribution in [2.75, 3.05) is 7.05 Å². The zero-order valence-corrected chi connectivity index (χ0v) is 11.3. The van der Waals surface area contributed by atoms with E-state index in [4.69, 9.17) is 0 Å². The van der Waals surface area contributed by atoms with Crippen LogP contribution in [0.4, 0.5) is 0 Å². The number of aryl methyl sites for hydroxylation is 1. The second kappa shape index (κ2) is 7.00. The second-order valence-electron chi connectivity index (χ2n) is 4.48. The van der Waals surface area contributed by atoms with E-state index in [0.29, 0.717) is 0 Å². The highest BCUT2D eigenvalue weighted by atomic mass is 14.9. The highest BCUT2D eigenvalue weighted by Crippen LogP contribution is 2.26. The van der Waals surface area contributed by atoms with E-state index in [-0.39, 0.29) is 0 Å². The van der Waals surface area contributed by atoms with Crippen LogP contribution in [0.25, 0.3) is 0 Å². The van der Waals surface area contributed by atoms with Crippen molar-refractivity contribution in [1.82, 2.24) is 0 Å². The van der Waals surface area contributed by atoms with Crippen molar-refractivity contribution in [1.29, 1.82) is 0 Å². The molecule has 0 spiro atoms. The van der Waals surface area contributed by atoms with Gasteiger partial charge >= 0.3 is 0 Å². The van der Waals surface area contributed by atoms with Crippen molar-refractivity contribution < 1.29 is 0 Å². The third-order valence-electron chi connectivity index (χ3n) is 2.64. The first-order valence-electron chi connectivity index (χ1n) is 6.20. The molecule has 0 aromatic heterocycles. The van der Waals surface area contributed by atoms with Crippen molar-refractivity contribution in [3.8, 4) is 0 Å². The number of hydrogen-bond acceptors (Lipinski definition) is 1. The minimum atomic E-state index is 0.780. The number of rotatable bonds is 1. The largest absolute Gasteiger partial charge is 0.270 e. The first kappa shape index (κ1) is 13.6. The maximum Gasteiger partial charge on any atom is 0.153 e. The van der Waals surface area contributed by atoms with Gasteiger partial charge in [-0.1, -0.05) is 49.6 Å². The van der Waals surface area contributed by atoms with Gasteiger partial charge in [0.05, 0.1) is 0 Å². The quantitative estimate of drug-likeness (QED) is 0.516. The summed E-state index contributed by atoms with van der Waals surface area (Å²) in [6, 6.07) is 8.19. The molecule has 0 amide bonds. The fourth-order valence-corrected chi connectivity index (χ4v) is 1.25. The number of nitrogens with zero attached hydrogens (tertiary/aromatic N) is 2. The zero-order chi connectivity index (χ0) is 12.7. The molecule has 1 fully saturated rings. The Morgan fingerprint density at radius 3 is 2.12 bits per heavy atom. The zero-order valence-electron chi connectivity index (χ0n) is 11.3. The second-order valence-corrected chi connectivity index (χ2v) is 4.48. The lowest BCUT2D eigenvalue weighted by Gasteiger charge is -1.99. The molecule has 0 aliphatic heterocycles. The van der Waals surface area contributed by atoms with E-state index in [2.05, 4.69) is 36.0 Å². The summed E-state index contributed by atoms with van der Waals surface area (Å²) in [5.41, 5.74) is 2.31. The van der Waals surface area contributed by atoms with Crippen LogP contribution in [0.2, 0.25) is 0 Å². The van der Waals surface area contributed by atoms with Crippen LogP contribution in [0, 0.1) is 12.8 Å². The van der Waals surface area contributed by atoms with Gasteiger partial charge in [0, 0.05) is 18.8 Å². The van der Waals surface area contributed by atoms with Crippen molar-refractivity contribution in [3.63, 3.8) is 0 Å². The van der Waals surface area contributed by atoms with Gasteiger partial charge in [-0.2, -0.15) is 0 Å². The van der Waals surface area contributed by atoms with E-state index in [1.165, 1.54) is 18.4 Å². The molecule has 0 radical (unpaired) electrons. The molecule has 1 aliphatic rings. The summed E-state index contributed by atoms with van der Waals surface area (Å²) in [5.74, 6) is 1.86. The molecule has 1 aliphatic carbocycles. The summed E-state index contributed by atoms with van der Waals surface area (Å²) in [5, 5.41) is 0. The van der Waals surface area contributed by atoms with Gasteiger partial charge in [-0.25, -0.2) is 4.99 Å². The van der Waals surface area contributed by atoms with Gasteiger partial charge in [-0.05, 0) is 19.8 Å². The lowest BCUT2D eigenvalue weighted by Crippen LogP contribution is -1.96. The highest BCUT2D eigenvalue weighted by molar-refractivity contribution is 6.02. The van der Waals surface area contributed by atoms with E-state index >= 15 is 0 Å². The molecule has 0 bridgehead atoms. The summed E-state index contributed by atoms with van der Waals surface area (Å²) in [4.78, 5) is 8.26. The van der Waals surface area contributed by atoms with E-state index in [0.717, 1.165) is 17.3 Å². The standard InChI is InChI=1S/C11H14N2.C4H8/c1-4-13-11(12-3)10-7-5-9(2)6-8-10;1-4-2-3-4/h4-8H,1-3H3;4H,2-3H2,1H3. The average molecular weight is 230 g/mol. The molecule has 17 heavy (non-hydrogen) atoms. The molecule has 92 valence electrons. The van der Waals surface area contributed by atoms with Gasteiger partial charge < -0.3 is 0 Å². The number of hydrogen-bond donors (Lipinski definition) is 0. The highest BCUT2D eigenvalue weighted by Gasteiger charge is 2.12. The SMILES string of the molecule is CC1CC1.CC=NC(=NC)c1ccc(C)cc1. The first-order chi connectivity index (χ1) is 8.17. The third kappa shape index (κ3) is 5.43. The van der Waals surface area contributed by atoms with Crippen LogP contribution in [-0.2, 0) is 0 Å². The predicted octanol–water partition coefficient (Wildman–Crippen LogP) is 3.88. The molecule has 1 saturated carbocycles. The Morgan fingerprint density at radius 2 is 1.76 bits per heavy atom. The number of benzene rings is 1. The monoisotopic (exact) mass is 230 g/mol. The van der Waals surface area contributed by atoms with Gasteiger partial charge in [-0.15, -0.1) is 0 Å². The lowest BCUT2D eigenvalue weighted by molar-refractivity contribution is 0.983. The van der Waals surface area contributed by atoms with Crippen molar-refractivity contribution in [3.05, 3.63) is 35.4 Å². The summed E-state index contributed by atoms with van der Waals surface area (Å²) < 4.78 is 0. The van der Waals surface area contributed by atoms with E-state index in [9.17, 15) is 0 Å². The molecule has 0 N–H and O–H groups in total. The minimum absolute atomic E-state index is 0.780. The van der Waals surface area contributed by atoms with Crippen molar-refractivity contribution in [2.24, 2.45) is 15.9 Å². The lowest BCUT2D eigenvalue weighted by atomic mass is 10.1. The summed E-state index contributed by atoms with van der Waals surface area (Å²) in [7, 11) is 1.75. The smallest absolute Gasteiger partial charge is 0.153 e. The van der Waals surface area contributed by atoms with E-state index < -0.39 is 0 Å². The molecule has 2 nitrogen and oxygen atoms in total. The van der Waals surface area contributed by atoms with Crippen molar-refractivity contribution in [2.45, 2.75) is 33.6 Å². The van der Waals surface area contributed by atoms with E-state index in [1.54, 1.807) is 13.3 Å². The predicted molar refractivity (Wildman–Crippen MR) is 76.2 cm³/mol. The molecular weight excluding hydrogens is 208 g/mol. The van der Waals surface area contributed by atoms with Crippen LogP contribution in [-0.4, -0.2) is 19.1 Å². The molecule has 0 saturated heterocycles. The number of aliphatic imine (C=N–C) groups is 2. The Morgan fingerprint density at radius 1 is 1.24 bits per heavy atom. The summed E-state index contributed by atoms with van der Waals surface area (Å²) in [6.45, 7) is 6.23. The fraction of sp³-hybridized carbons (Fsp3) is 0.467. The fourth-order valence-electron chi connectivity index (χ4n) is 1.25. The molecule has 1 aromatic rings. The van der Waals surface area contributed by atoms with Crippen molar-refractivity contribution >= 4 is 12.1 Å². The Labute approximate surface area is 105 Å². The molecular formula is C15H22N2. The molecule has 1 aromatic carbocycles. The van der Waals surface area contributed by atoms with Crippen LogP contribution < -0.4 is 0 Å². The summed E-state index contributed by atoms with van der Waals surface area (Å²) >= 11 is 0. The molecule has 0 unspecified atom stereocenters. The average Bonchev–Trinajstić information content (AvgIpc) is 3.11. The van der Waals surface area contributed by atoms with Crippen LogP contribution in [0.5, 0.6) is 0 Å². The van der Waals surface area contributed by atoms with Crippen LogP contribution in [0.3, 0.4) is 0 Å². The van der Waals surface area contributed by atoms with Gasteiger partial charge in [0.2, 0.25) is 0 Å².